The Bertz CT molecular complexity index is 582. The van der Waals surface area contributed by atoms with Crippen molar-refractivity contribution in [1.29, 1.82) is 0 Å². The Labute approximate surface area is 109 Å². The summed E-state index contributed by atoms with van der Waals surface area (Å²) in [6, 6.07) is 8.11. The first-order valence-electron chi connectivity index (χ1n) is 5.97. The molecule has 0 aliphatic carbocycles. The number of H-pyrrole nitrogens is 2. The van der Waals surface area contributed by atoms with Crippen molar-refractivity contribution < 1.29 is 0 Å². The van der Waals surface area contributed by atoms with E-state index in [1.807, 2.05) is 30.6 Å². The molecule has 2 N–H and O–H groups in total. The topological polar surface area (TPSA) is 57.4 Å². The highest BCUT2D eigenvalue weighted by Crippen LogP contribution is 2.20. The van der Waals surface area contributed by atoms with E-state index in [0.717, 1.165) is 34.8 Å². The quantitative estimate of drug-likeness (QED) is 0.546. The Morgan fingerprint density at radius 2 is 2.17 bits per heavy atom. The first-order chi connectivity index (χ1) is 8.92. The number of hydrogen-bond acceptors (Lipinski definition) is 3. The number of fused-ring (bicyclic) bond motifs is 1. The summed E-state index contributed by atoms with van der Waals surface area (Å²) in [6.07, 6.45) is 6.02. The van der Waals surface area contributed by atoms with Gasteiger partial charge in [-0.05, 0) is 30.5 Å². The van der Waals surface area contributed by atoms with Crippen molar-refractivity contribution in [2.75, 3.05) is 5.75 Å². The van der Waals surface area contributed by atoms with Gasteiger partial charge in [-0.25, -0.2) is 4.98 Å². The van der Waals surface area contributed by atoms with Crippen molar-refractivity contribution in [1.82, 2.24) is 20.2 Å². The Morgan fingerprint density at radius 1 is 1.22 bits per heavy atom. The van der Waals surface area contributed by atoms with Crippen LogP contribution >= 0.6 is 11.8 Å². The number of aromatic amines is 2. The van der Waals surface area contributed by atoms with Crippen molar-refractivity contribution >= 4 is 22.8 Å². The molecule has 3 rings (SSSR count). The van der Waals surface area contributed by atoms with E-state index in [0.29, 0.717) is 0 Å². The highest BCUT2D eigenvalue weighted by atomic mass is 32.2. The maximum Gasteiger partial charge on any atom is 0.166 e. The van der Waals surface area contributed by atoms with Crippen LogP contribution in [0.2, 0.25) is 0 Å². The molecule has 1 aromatic carbocycles. The molecule has 0 bridgehead atoms. The summed E-state index contributed by atoms with van der Waals surface area (Å²) in [6.45, 7) is 0. The average Bonchev–Trinajstić information content (AvgIpc) is 3.03. The molecule has 0 spiro atoms. The molecule has 2 heterocycles. The summed E-state index contributed by atoms with van der Waals surface area (Å²) in [5, 5.41) is 7.77. The van der Waals surface area contributed by atoms with Gasteiger partial charge in [0.1, 0.15) is 0 Å². The maximum atomic E-state index is 4.54. The van der Waals surface area contributed by atoms with Gasteiger partial charge in [0.05, 0.1) is 17.2 Å². The summed E-state index contributed by atoms with van der Waals surface area (Å²) in [5.74, 6) is 1.06. The van der Waals surface area contributed by atoms with Gasteiger partial charge in [0.15, 0.2) is 5.16 Å². The smallest absolute Gasteiger partial charge is 0.166 e. The summed E-state index contributed by atoms with van der Waals surface area (Å²) in [4.78, 5) is 7.86. The average molecular weight is 258 g/mol. The second-order valence-corrected chi connectivity index (χ2v) is 5.20. The van der Waals surface area contributed by atoms with Crippen molar-refractivity contribution in [3.8, 4) is 0 Å². The van der Waals surface area contributed by atoms with E-state index in [9.17, 15) is 0 Å². The van der Waals surface area contributed by atoms with Crippen LogP contribution in [0.3, 0.4) is 0 Å². The van der Waals surface area contributed by atoms with Gasteiger partial charge in [0, 0.05) is 11.9 Å². The fourth-order valence-corrected chi connectivity index (χ4v) is 2.68. The van der Waals surface area contributed by atoms with Gasteiger partial charge in [-0.3, -0.25) is 5.10 Å². The molecule has 92 valence electrons. The molecule has 0 unspecified atom stereocenters. The van der Waals surface area contributed by atoms with Crippen LogP contribution in [0, 0.1) is 0 Å². The lowest BCUT2D eigenvalue weighted by molar-refractivity contribution is 0.929. The van der Waals surface area contributed by atoms with Crippen LogP contribution in [0.1, 0.15) is 12.0 Å². The largest absolute Gasteiger partial charge is 0.333 e. The lowest BCUT2D eigenvalue weighted by atomic mass is 10.2. The van der Waals surface area contributed by atoms with Gasteiger partial charge in [0.2, 0.25) is 0 Å². The number of aromatic nitrogens is 4. The molecule has 18 heavy (non-hydrogen) atoms. The van der Waals surface area contributed by atoms with Crippen molar-refractivity contribution in [2.24, 2.45) is 0 Å². The molecule has 0 amide bonds. The number of aryl methyl sites for hydroxylation is 1. The third-order valence-corrected chi connectivity index (χ3v) is 3.73. The summed E-state index contributed by atoms with van der Waals surface area (Å²) >= 11 is 1.77. The lowest BCUT2D eigenvalue weighted by Gasteiger charge is -1.96. The zero-order valence-electron chi connectivity index (χ0n) is 9.89. The third kappa shape index (κ3) is 2.56. The van der Waals surface area contributed by atoms with Crippen LogP contribution in [-0.2, 0) is 6.42 Å². The molecule has 2 aromatic heterocycles. The normalized spacial score (nSPS) is 11.1. The predicted molar refractivity (Wildman–Crippen MR) is 73.7 cm³/mol. The molecule has 0 fully saturated rings. The zero-order chi connectivity index (χ0) is 12.2. The lowest BCUT2D eigenvalue weighted by Crippen LogP contribution is -1.86. The van der Waals surface area contributed by atoms with Crippen molar-refractivity contribution in [3.05, 3.63) is 42.2 Å². The molecule has 0 atom stereocenters. The summed E-state index contributed by atoms with van der Waals surface area (Å²) in [7, 11) is 0. The molecule has 5 heteroatoms. The Morgan fingerprint density at radius 3 is 3.00 bits per heavy atom. The third-order valence-electron chi connectivity index (χ3n) is 2.77. The number of para-hydroxylation sites is 2. The van der Waals surface area contributed by atoms with Crippen LogP contribution in [0.15, 0.2) is 41.8 Å². The van der Waals surface area contributed by atoms with E-state index in [1.165, 1.54) is 5.56 Å². The SMILES string of the molecule is c1ccc2[nH]c(SCCCc3cn[nH]c3)nc2c1. The van der Waals surface area contributed by atoms with E-state index in [4.69, 9.17) is 0 Å². The number of benzene rings is 1. The van der Waals surface area contributed by atoms with Gasteiger partial charge in [0.25, 0.3) is 0 Å². The van der Waals surface area contributed by atoms with Gasteiger partial charge >= 0.3 is 0 Å². The van der Waals surface area contributed by atoms with E-state index in [-0.39, 0.29) is 0 Å². The fourth-order valence-electron chi connectivity index (χ4n) is 1.86. The van der Waals surface area contributed by atoms with Crippen LogP contribution in [0.5, 0.6) is 0 Å². The maximum absolute atomic E-state index is 4.54. The highest BCUT2D eigenvalue weighted by molar-refractivity contribution is 7.99. The molecule has 0 saturated carbocycles. The Kier molecular flexibility index (Phi) is 3.32. The van der Waals surface area contributed by atoms with E-state index >= 15 is 0 Å². The van der Waals surface area contributed by atoms with E-state index < -0.39 is 0 Å². The number of imidazole rings is 1. The monoisotopic (exact) mass is 258 g/mol. The molecule has 0 aliphatic heterocycles. The number of hydrogen-bond donors (Lipinski definition) is 2. The molecule has 3 aromatic rings. The molecule has 4 nitrogen and oxygen atoms in total. The standard InChI is InChI=1S/C13H14N4S/c1-2-6-12-11(5-1)16-13(17-12)18-7-3-4-10-8-14-15-9-10/h1-2,5-6,8-9H,3-4,7H2,(H,14,15)(H,16,17). The minimum Gasteiger partial charge on any atom is -0.333 e. The van der Waals surface area contributed by atoms with E-state index in [2.05, 4.69) is 26.2 Å². The van der Waals surface area contributed by atoms with Crippen molar-refractivity contribution in [3.63, 3.8) is 0 Å². The first kappa shape index (κ1) is 11.3. The van der Waals surface area contributed by atoms with E-state index in [1.54, 1.807) is 11.8 Å². The number of nitrogens with zero attached hydrogens (tertiary/aromatic N) is 2. The molecular formula is C13H14N4S. The number of rotatable bonds is 5. The van der Waals surface area contributed by atoms with Crippen LogP contribution in [0.25, 0.3) is 11.0 Å². The molecular weight excluding hydrogens is 244 g/mol. The van der Waals surface area contributed by atoms with Gasteiger partial charge in [-0.1, -0.05) is 23.9 Å². The van der Waals surface area contributed by atoms with Gasteiger partial charge < -0.3 is 4.98 Å². The number of thioether (sulfide) groups is 1. The minimum atomic E-state index is 1.00. The van der Waals surface area contributed by atoms with Crippen LogP contribution in [0.4, 0.5) is 0 Å². The van der Waals surface area contributed by atoms with Crippen LogP contribution < -0.4 is 0 Å². The molecule has 0 radical (unpaired) electrons. The predicted octanol–water partition coefficient (Wildman–Crippen LogP) is 3.01. The Balaban J connectivity index is 1.53. The van der Waals surface area contributed by atoms with Crippen LogP contribution in [-0.4, -0.2) is 25.9 Å². The summed E-state index contributed by atoms with van der Waals surface area (Å²) < 4.78 is 0. The highest BCUT2D eigenvalue weighted by Gasteiger charge is 2.02. The molecule has 0 aliphatic rings. The van der Waals surface area contributed by atoms with Gasteiger partial charge in [-0.15, -0.1) is 0 Å². The summed E-state index contributed by atoms with van der Waals surface area (Å²) in [5.41, 5.74) is 3.41. The minimum absolute atomic E-state index is 1.00. The fraction of sp³-hybridized carbons (Fsp3) is 0.231. The first-order valence-corrected chi connectivity index (χ1v) is 6.95. The zero-order valence-corrected chi connectivity index (χ0v) is 10.7. The van der Waals surface area contributed by atoms with Crippen molar-refractivity contribution in [2.45, 2.75) is 18.0 Å². The second kappa shape index (κ2) is 5.27. The van der Waals surface area contributed by atoms with Gasteiger partial charge in [-0.2, -0.15) is 5.10 Å². The Hall–Kier alpha value is -1.75. The second-order valence-electron chi connectivity index (χ2n) is 4.12. The molecule has 0 saturated heterocycles. The number of nitrogens with one attached hydrogen (secondary N) is 2.